The number of hydrogen-bond donors (Lipinski definition) is 1. The number of nitrogens with zero attached hydrogens (tertiary/aromatic N) is 4. The number of benzene rings is 1. The van der Waals surface area contributed by atoms with E-state index in [2.05, 4.69) is 27.1 Å². The maximum Gasteiger partial charge on any atom is 0.143 e. The average molecular weight is 301 g/mol. The molecule has 2 heterocycles. The van der Waals surface area contributed by atoms with Crippen LogP contribution in [-0.2, 0) is 12.3 Å². The molecule has 0 spiro atoms. The minimum Gasteiger partial charge on any atom is -0.463 e. The summed E-state index contributed by atoms with van der Waals surface area (Å²) in [6.45, 7) is 0.619. The highest BCUT2D eigenvalue weighted by Gasteiger charge is 2.06. The van der Waals surface area contributed by atoms with Crippen molar-refractivity contribution in [3.8, 4) is 5.69 Å². The van der Waals surface area contributed by atoms with E-state index in [1.807, 2.05) is 36.4 Å². The highest BCUT2D eigenvalue weighted by molar-refractivity contribution is 7.97. The highest BCUT2D eigenvalue weighted by Crippen LogP contribution is 2.20. The Morgan fingerprint density at radius 2 is 2.05 bits per heavy atom. The molecule has 0 radical (unpaired) electrons. The van der Waals surface area contributed by atoms with Crippen LogP contribution in [0.3, 0.4) is 0 Å². The first-order valence-electron chi connectivity index (χ1n) is 6.49. The quantitative estimate of drug-likeness (QED) is 0.755. The molecule has 0 aliphatic rings. The summed E-state index contributed by atoms with van der Waals surface area (Å²) in [5.74, 6) is 2.79. The van der Waals surface area contributed by atoms with E-state index in [-0.39, 0.29) is 0 Å². The largest absolute Gasteiger partial charge is 0.463 e. The van der Waals surface area contributed by atoms with Gasteiger partial charge < -0.3 is 9.73 Å². The van der Waals surface area contributed by atoms with Crippen LogP contribution in [0, 0.1) is 0 Å². The van der Waals surface area contributed by atoms with Crippen LogP contribution in [0.4, 0.5) is 5.69 Å². The van der Waals surface area contributed by atoms with Gasteiger partial charge in [-0.15, -0.1) is 5.10 Å². The lowest BCUT2D eigenvalue weighted by atomic mass is 10.2. The van der Waals surface area contributed by atoms with Gasteiger partial charge in [0.05, 0.1) is 23.7 Å². The van der Waals surface area contributed by atoms with E-state index in [1.165, 1.54) is 0 Å². The molecule has 0 saturated heterocycles. The zero-order chi connectivity index (χ0) is 14.5. The summed E-state index contributed by atoms with van der Waals surface area (Å²) < 4.78 is 7.37. The molecule has 2 aromatic heterocycles. The van der Waals surface area contributed by atoms with E-state index in [9.17, 15) is 0 Å². The molecular formula is C14H15N5OS. The van der Waals surface area contributed by atoms with Crippen molar-refractivity contribution in [3.05, 3.63) is 54.2 Å². The van der Waals surface area contributed by atoms with E-state index in [4.69, 9.17) is 4.42 Å². The second kappa shape index (κ2) is 6.45. The van der Waals surface area contributed by atoms with E-state index >= 15 is 0 Å². The number of rotatable bonds is 6. The number of furan rings is 1. The summed E-state index contributed by atoms with van der Waals surface area (Å²) in [5.41, 5.74) is 1.85. The zero-order valence-corrected chi connectivity index (χ0v) is 12.4. The molecule has 3 rings (SSSR count). The van der Waals surface area contributed by atoms with Crippen molar-refractivity contribution in [1.82, 2.24) is 20.2 Å². The lowest BCUT2D eigenvalue weighted by Crippen LogP contribution is -2.04. The Morgan fingerprint density at radius 1 is 1.19 bits per heavy atom. The molecule has 0 bridgehead atoms. The second-order valence-electron chi connectivity index (χ2n) is 4.43. The summed E-state index contributed by atoms with van der Waals surface area (Å²) >= 11 is 1.74. The highest BCUT2D eigenvalue weighted by atomic mass is 32.2. The van der Waals surface area contributed by atoms with Crippen LogP contribution in [-0.4, -0.2) is 26.5 Å². The number of hydrogen-bond acceptors (Lipinski definition) is 6. The minimum atomic E-state index is 0.619. The minimum absolute atomic E-state index is 0.619. The molecule has 3 aromatic rings. The Hall–Kier alpha value is -2.28. The Kier molecular flexibility index (Phi) is 4.20. The predicted molar refractivity (Wildman–Crippen MR) is 82.4 cm³/mol. The van der Waals surface area contributed by atoms with E-state index in [1.54, 1.807) is 22.8 Å². The van der Waals surface area contributed by atoms with Crippen molar-refractivity contribution in [3.63, 3.8) is 0 Å². The average Bonchev–Trinajstić information content (AvgIpc) is 3.17. The summed E-state index contributed by atoms with van der Waals surface area (Å²) in [7, 11) is 0. The third-order valence-corrected chi connectivity index (χ3v) is 3.53. The number of para-hydroxylation sites is 2. The maximum absolute atomic E-state index is 5.75. The Bertz CT molecular complexity index is 695. The van der Waals surface area contributed by atoms with Crippen molar-refractivity contribution in [1.29, 1.82) is 0 Å². The van der Waals surface area contributed by atoms with E-state index in [0.717, 1.165) is 28.6 Å². The topological polar surface area (TPSA) is 68.8 Å². The van der Waals surface area contributed by atoms with Gasteiger partial charge in [-0.3, -0.25) is 0 Å². The van der Waals surface area contributed by atoms with Crippen LogP contribution < -0.4 is 5.32 Å². The normalized spacial score (nSPS) is 10.7. The molecule has 0 atom stereocenters. The fraction of sp³-hybridized carbons (Fsp3) is 0.214. The SMILES string of the molecule is CSCc1ccc(CNc2ccccc2-n2cnnn2)o1. The fourth-order valence-electron chi connectivity index (χ4n) is 2.01. The summed E-state index contributed by atoms with van der Waals surface area (Å²) in [6, 6.07) is 11.9. The van der Waals surface area contributed by atoms with Gasteiger partial charge in [0.1, 0.15) is 17.8 Å². The molecule has 0 aliphatic carbocycles. The standard InChI is InChI=1S/C14H15N5OS/c1-21-9-12-7-6-11(20-12)8-15-13-4-2-3-5-14(13)19-10-16-17-18-19/h2-7,10,15H,8-9H2,1H3. The molecule has 0 aliphatic heterocycles. The van der Waals surface area contributed by atoms with E-state index < -0.39 is 0 Å². The Balaban J connectivity index is 1.73. The van der Waals surface area contributed by atoms with Gasteiger partial charge in [-0.25, -0.2) is 0 Å². The predicted octanol–water partition coefficient (Wildman–Crippen LogP) is 2.73. The van der Waals surface area contributed by atoms with E-state index in [0.29, 0.717) is 6.54 Å². The smallest absolute Gasteiger partial charge is 0.143 e. The van der Waals surface area contributed by atoms with Crippen molar-refractivity contribution in [2.75, 3.05) is 11.6 Å². The van der Waals surface area contributed by atoms with Gasteiger partial charge in [0.25, 0.3) is 0 Å². The van der Waals surface area contributed by atoms with Gasteiger partial charge in [0.15, 0.2) is 0 Å². The maximum atomic E-state index is 5.75. The molecule has 108 valence electrons. The molecule has 0 unspecified atom stereocenters. The van der Waals surface area contributed by atoms with Crippen molar-refractivity contribution in [2.45, 2.75) is 12.3 Å². The van der Waals surface area contributed by atoms with Crippen LogP contribution in [0.5, 0.6) is 0 Å². The van der Waals surface area contributed by atoms with Gasteiger partial charge >= 0.3 is 0 Å². The van der Waals surface area contributed by atoms with Crippen LogP contribution in [0.15, 0.2) is 47.1 Å². The zero-order valence-electron chi connectivity index (χ0n) is 11.6. The van der Waals surface area contributed by atoms with Gasteiger partial charge in [0, 0.05) is 0 Å². The molecular weight excluding hydrogens is 286 g/mol. The molecule has 0 saturated carbocycles. The second-order valence-corrected chi connectivity index (χ2v) is 5.29. The lowest BCUT2D eigenvalue weighted by molar-refractivity contribution is 0.487. The first-order valence-corrected chi connectivity index (χ1v) is 7.89. The van der Waals surface area contributed by atoms with Gasteiger partial charge in [0.2, 0.25) is 0 Å². The number of aromatic nitrogens is 4. The van der Waals surface area contributed by atoms with Crippen LogP contribution in [0.1, 0.15) is 11.5 Å². The monoisotopic (exact) mass is 301 g/mol. The van der Waals surface area contributed by atoms with Crippen molar-refractivity contribution in [2.24, 2.45) is 0 Å². The third-order valence-electron chi connectivity index (χ3n) is 2.96. The first-order chi connectivity index (χ1) is 10.4. The molecule has 1 N–H and O–H groups in total. The van der Waals surface area contributed by atoms with Crippen molar-refractivity contribution >= 4 is 17.4 Å². The number of tetrazole rings is 1. The molecule has 21 heavy (non-hydrogen) atoms. The van der Waals surface area contributed by atoms with Crippen LogP contribution in [0.25, 0.3) is 5.69 Å². The third kappa shape index (κ3) is 3.25. The molecule has 1 aromatic carbocycles. The molecule has 0 fully saturated rings. The Morgan fingerprint density at radius 3 is 2.86 bits per heavy atom. The van der Waals surface area contributed by atoms with Crippen molar-refractivity contribution < 1.29 is 4.42 Å². The fourth-order valence-corrected chi connectivity index (χ4v) is 2.45. The number of thioether (sulfide) groups is 1. The molecule has 6 nitrogen and oxygen atoms in total. The van der Waals surface area contributed by atoms with Crippen LogP contribution in [0.2, 0.25) is 0 Å². The molecule has 7 heteroatoms. The first kappa shape index (κ1) is 13.7. The number of nitrogens with one attached hydrogen (secondary N) is 1. The van der Waals surface area contributed by atoms with Gasteiger partial charge in [-0.05, 0) is 40.9 Å². The van der Waals surface area contributed by atoms with Gasteiger partial charge in [-0.2, -0.15) is 16.4 Å². The molecule has 0 amide bonds. The summed E-state index contributed by atoms with van der Waals surface area (Å²) in [4.78, 5) is 0. The lowest BCUT2D eigenvalue weighted by Gasteiger charge is -2.09. The van der Waals surface area contributed by atoms with Gasteiger partial charge in [-0.1, -0.05) is 12.1 Å². The van der Waals surface area contributed by atoms with Crippen LogP contribution >= 0.6 is 11.8 Å². The summed E-state index contributed by atoms with van der Waals surface area (Å²) in [6.07, 6.45) is 3.63. The summed E-state index contributed by atoms with van der Waals surface area (Å²) in [5, 5.41) is 14.6. The Labute approximate surface area is 126 Å². The number of anilines is 1.